The van der Waals surface area contributed by atoms with E-state index >= 15 is 0 Å². The lowest BCUT2D eigenvalue weighted by Gasteiger charge is -2.27. The second-order valence-electron chi connectivity index (χ2n) is 9.78. The zero-order valence-corrected chi connectivity index (χ0v) is 23.3. The van der Waals surface area contributed by atoms with E-state index in [0.29, 0.717) is 35.1 Å². The Morgan fingerprint density at radius 1 is 1.00 bits per heavy atom. The number of halogens is 4. The third-order valence-electron chi connectivity index (χ3n) is 6.16. The van der Waals surface area contributed by atoms with Crippen molar-refractivity contribution in [3.63, 3.8) is 0 Å². The summed E-state index contributed by atoms with van der Waals surface area (Å²) in [5, 5.41) is 24.7. The standard InChI is InChI=1S/C28H32F4N2O8/c1-14(2)26(34-24(37)10-17-9-16(15(3)35)5-8-22(17)41-4)27(40)33-20(12-25(38)39)21(36)13-42-23-11-18(28(30,31)32)6-7-19(23)29/h5-9,11,14,20-21,26,36H,10,12-13H2,1-4H3,(H,33,40)(H,34,37)(H,38,39)/t20?,21?,26-/m0/s1. The number of hydrogen-bond donors (Lipinski definition) is 4. The molecule has 0 heterocycles. The van der Waals surface area contributed by atoms with Crippen molar-refractivity contribution in [2.75, 3.05) is 13.7 Å². The van der Waals surface area contributed by atoms with Gasteiger partial charge in [0, 0.05) is 11.1 Å². The fraction of sp³-hybridized carbons (Fsp3) is 0.429. The molecular formula is C28H32F4N2O8. The van der Waals surface area contributed by atoms with Crippen molar-refractivity contribution in [3.8, 4) is 11.5 Å². The van der Waals surface area contributed by atoms with Crippen LogP contribution in [-0.2, 0) is 27.0 Å². The molecule has 42 heavy (non-hydrogen) atoms. The number of carbonyl (C=O) groups is 4. The number of amides is 2. The number of methoxy groups -OCH3 is 1. The smallest absolute Gasteiger partial charge is 0.416 e. The molecule has 0 fully saturated rings. The predicted molar refractivity (Wildman–Crippen MR) is 141 cm³/mol. The van der Waals surface area contributed by atoms with E-state index in [0.717, 1.165) is 0 Å². The molecule has 4 N–H and O–H groups in total. The average molecular weight is 601 g/mol. The molecule has 2 amide bonds. The third-order valence-corrected chi connectivity index (χ3v) is 6.16. The molecule has 0 aromatic heterocycles. The first-order chi connectivity index (χ1) is 19.5. The van der Waals surface area contributed by atoms with Crippen LogP contribution in [0.25, 0.3) is 0 Å². The highest BCUT2D eigenvalue weighted by molar-refractivity contribution is 5.95. The summed E-state index contributed by atoms with van der Waals surface area (Å²) in [4.78, 5) is 49.1. The van der Waals surface area contributed by atoms with Gasteiger partial charge in [0.1, 0.15) is 24.5 Å². The first-order valence-corrected chi connectivity index (χ1v) is 12.7. The fourth-order valence-corrected chi connectivity index (χ4v) is 3.89. The number of ether oxygens (including phenoxy) is 2. The first kappa shape index (κ1) is 34.0. The molecule has 3 atom stereocenters. The molecule has 0 saturated carbocycles. The van der Waals surface area contributed by atoms with E-state index in [4.69, 9.17) is 9.47 Å². The van der Waals surface area contributed by atoms with Gasteiger partial charge < -0.3 is 30.3 Å². The lowest BCUT2D eigenvalue weighted by atomic mass is 10.00. The molecule has 2 aromatic carbocycles. The Morgan fingerprint density at radius 2 is 1.67 bits per heavy atom. The second-order valence-corrected chi connectivity index (χ2v) is 9.78. The predicted octanol–water partition coefficient (Wildman–Crippen LogP) is 3.14. The van der Waals surface area contributed by atoms with Crippen LogP contribution in [-0.4, -0.2) is 65.7 Å². The maximum absolute atomic E-state index is 14.0. The number of rotatable bonds is 14. The molecule has 2 rings (SSSR count). The largest absolute Gasteiger partial charge is 0.496 e. The van der Waals surface area contributed by atoms with Crippen molar-refractivity contribution in [2.24, 2.45) is 5.92 Å². The number of aliphatic carboxylic acids is 1. The van der Waals surface area contributed by atoms with Gasteiger partial charge >= 0.3 is 12.1 Å². The van der Waals surface area contributed by atoms with Crippen molar-refractivity contribution in [2.45, 2.75) is 58.0 Å². The Balaban J connectivity index is 2.16. The van der Waals surface area contributed by atoms with E-state index < -0.39 is 78.2 Å². The van der Waals surface area contributed by atoms with Gasteiger partial charge in [0.25, 0.3) is 0 Å². The quantitative estimate of drug-likeness (QED) is 0.191. The minimum atomic E-state index is -4.79. The molecule has 0 radical (unpaired) electrons. The van der Waals surface area contributed by atoms with Gasteiger partial charge in [0.05, 0.1) is 31.6 Å². The Hall–Kier alpha value is -4.20. The maximum atomic E-state index is 14.0. The summed E-state index contributed by atoms with van der Waals surface area (Å²) >= 11 is 0. The van der Waals surface area contributed by atoms with Gasteiger partial charge in [-0.05, 0) is 49.2 Å². The number of aliphatic hydroxyl groups excluding tert-OH is 1. The number of aliphatic hydroxyl groups is 1. The molecule has 0 aliphatic carbocycles. The average Bonchev–Trinajstić information content (AvgIpc) is 2.89. The summed E-state index contributed by atoms with van der Waals surface area (Å²) < 4.78 is 63.1. The summed E-state index contributed by atoms with van der Waals surface area (Å²) in [5.41, 5.74) is -0.483. The van der Waals surface area contributed by atoms with E-state index in [-0.39, 0.29) is 12.2 Å². The van der Waals surface area contributed by atoms with Crippen molar-refractivity contribution in [3.05, 3.63) is 58.9 Å². The van der Waals surface area contributed by atoms with Crippen LogP contribution in [0.2, 0.25) is 0 Å². The van der Waals surface area contributed by atoms with Gasteiger partial charge in [-0.1, -0.05) is 13.8 Å². The number of Topliss-reactive ketones (excluding diaryl/α,β-unsaturated/α-hetero) is 1. The lowest BCUT2D eigenvalue weighted by Crippen LogP contribution is -2.55. The van der Waals surface area contributed by atoms with Crippen LogP contribution in [0.3, 0.4) is 0 Å². The number of carboxylic acids is 1. The van der Waals surface area contributed by atoms with E-state index in [9.17, 15) is 47.0 Å². The number of ketones is 1. The summed E-state index contributed by atoms with van der Waals surface area (Å²) in [6.07, 6.45) is -7.67. The fourth-order valence-electron chi connectivity index (χ4n) is 3.89. The van der Waals surface area contributed by atoms with Crippen molar-refractivity contribution < 1.29 is 56.4 Å². The minimum Gasteiger partial charge on any atom is -0.496 e. The Labute approximate surface area is 239 Å². The number of carbonyl (C=O) groups excluding carboxylic acids is 3. The van der Waals surface area contributed by atoms with Gasteiger partial charge in [0.2, 0.25) is 11.8 Å². The Morgan fingerprint density at radius 3 is 2.21 bits per heavy atom. The molecule has 2 unspecified atom stereocenters. The second kappa shape index (κ2) is 14.6. The van der Waals surface area contributed by atoms with Gasteiger partial charge in [0.15, 0.2) is 17.3 Å². The van der Waals surface area contributed by atoms with Gasteiger partial charge in [-0.15, -0.1) is 0 Å². The van der Waals surface area contributed by atoms with Crippen LogP contribution in [0.1, 0.15) is 48.7 Å². The highest BCUT2D eigenvalue weighted by Crippen LogP contribution is 2.32. The molecule has 10 nitrogen and oxygen atoms in total. The Bertz CT molecular complexity index is 1300. The molecule has 230 valence electrons. The van der Waals surface area contributed by atoms with Crippen LogP contribution in [0, 0.1) is 11.7 Å². The highest BCUT2D eigenvalue weighted by Gasteiger charge is 2.33. The molecule has 0 aliphatic rings. The molecule has 14 heteroatoms. The lowest BCUT2D eigenvalue weighted by molar-refractivity contribution is -0.140. The molecular weight excluding hydrogens is 568 g/mol. The van der Waals surface area contributed by atoms with Gasteiger partial charge in [-0.25, -0.2) is 4.39 Å². The normalized spacial score (nSPS) is 13.6. The topological polar surface area (TPSA) is 151 Å². The Kier molecular flexibility index (Phi) is 11.8. The van der Waals surface area contributed by atoms with Gasteiger partial charge in [-0.3, -0.25) is 19.2 Å². The van der Waals surface area contributed by atoms with Crippen LogP contribution < -0.4 is 20.1 Å². The molecule has 0 saturated heterocycles. The number of benzene rings is 2. The molecule has 0 spiro atoms. The van der Waals surface area contributed by atoms with E-state index in [1.165, 1.54) is 32.2 Å². The van der Waals surface area contributed by atoms with E-state index in [2.05, 4.69) is 10.6 Å². The van der Waals surface area contributed by atoms with Crippen LogP contribution in [0.5, 0.6) is 11.5 Å². The van der Waals surface area contributed by atoms with Crippen LogP contribution >= 0.6 is 0 Å². The third kappa shape index (κ3) is 9.72. The van der Waals surface area contributed by atoms with E-state index in [1.807, 2.05) is 0 Å². The summed E-state index contributed by atoms with van der Waals surface area (Å²) in [5.74, 6) is -5.32. The zero-order valence-electron chi connectivity index (χ0n) is 23.3. The van der Waals surface area contributed by atoms with Crippen molar-refractivity contribution in [1.82, 2.24) is 10.6 Å². The highest BCUT2D eigenvalue weighted by atomic mass is 19.4. The molecule has 2 aromatic rings. The van der Waals surface area contributed by atoms with Crippen molar-refractivity contribution >= 4 is 23.6 Å². The zero-order chi connectivity index (χ0) is 31.8. The first-order valence-electron chi connectivity index (χ1n) is 12.7. The number of hydrogen-bond acceptors (Lipinski definition) is 7. The molecule has 0 bridgehead atoms. The number of nitrogens with one attached hydrogen (secondary N) is 2. The number of alkyl halides is 3. The maximum Gasteiger partial charge on any atom is 0.416 e. The summed E-state index contributed by atoms with van der Waals surface area (Å²) in [7, 11) is 1.38. The van der Waals surface area contributed by atoms with Crippen LogP contribution in [0.4, 0.5) is 17.6 Å². The summed E-state index contributed by atoms with van der Waals surface area (Å²) in [6, 6.07) is 3.24. The van der Waals surface area contributed by atoms with Gasteiger partial charge in [-0.2, -0.15) is 13.2 Å². The minimum absolute atomic E-state index is 0.235. The summed E-state index contributed by atoms with van der Waals surface area (Å²) in [6.45, 7) is 3.70. The SMILES string of the molecule is COc1ccc(C(C)=O)cc1CC(=O)N[C@H](C(=O)NC(CC(=O)O)C(O)COc1cc(C(F)(F)F)ccc1F)C(C)C. The monoisotopic (exact) mass is 600 g/mol. The van der Waals surface area contributed by atoms with Crippen LogP contribution in [0.15, 0.2) is 36.4 Å². The van der Waals surface area contributed by atoms with E-state index in [1.54, 1.807) is 13.8 Å². The number of carboxylic acid groups (broad SMARTS) is 1. The molecule has 0 aliphatic heterocycles. The van der Waals surface area contributed by atoms with Crippen molar-refractivity contribution in [1.29, 1.82) is 0 Å².